The van der Waals surface area contributed by atoms with Gasteiger partial charge in [-0.3, -0.25) is 4.79 Å². The van der Waals surface area contributed by atoms with Crippen LogP contribution in [-0.4, -0.2) is 21.9 Å². The Morgan fingerprint density at radius 2 is 2.20 bits per heavy atom. The van der Waals surface area contributed by atoms with E-state index in [0.717, 1.165) is 0 Å². The van der Waals surface area contributed by atoms with Crippen molar-refractivity contribution in [3.05, 3.63) is 5.21 Å². The molecular formula is C5H10NO3S-. The molecular weight excluding hydrogens is 154 g/mol. The van der Waals surface area contributed by atoms with Crippen molar-refractivity contribution in [3.8, 4) is 0 Å². The minimum absolute atomic E-state index is 0.840. The first-order valence-corrected chi connectivity index (χ1v) is 3.17. The number of carboxylic acids is 1. The summed E-state index contributed by atoms with van der Waals surface area (Å²) in [5, 5.41) is 18.4. The Morgan fingerprint density at radius 1 is 1.80 bits per heavy atom. The van der Waals surface area contributed by atoms with E-state index in [0.29, 0.717) is 0 Å². The normalized spacial score (nSPS) is 14.8. The molecule has 0 rings (SSSR count). The van der Waals surface area contributed by atoms with Crippen LogP contribution in [0.1, 0.15) is 13.8 Å². The van der Waals surface area contributed by atoms with E-state index >= 15 is 0 Å². The van der Waals surface area contributed by atoms with Gasteiger partial charge in [0.1, 0.15) is 6.04 Å². The van der Waals surface area contributed by atoms with Crippen molar-refractivity contribution in [1.82, 2.24) is 5.48 Å². The number of thiol groups is 1. The summed E-state index contributed by atoms with van der Waals surface area (Å²) in [4.78, 5) is 10.3. The van der Waals surface area contributed by atoms with Crippen LogP contribution in [0.4, 0.5) is 0 Å². The number of carbonyl (C=O) groups is 1. The summed E-state index contributed by atoms with van der Waals surface area (Å²) >= 11 is 3.93. The van der Waals surface area contributed by atoms with Gasteiger partial charge in [-0.05, 0) is 13.8 Å². The summed E-state index contributed by atoms with van der Waals surface area (Å²) in [7, 11) is 0. The molecule has 2 N–H and O–H groups in total. The maximum atomic E-state index is 10.3. The Balaban J connectivity index is 4.22. The fourth-order valence-electron chi connectivity index (χ4n) is 0.497. The predicted octanol–water partition coefficient (Wildman–Crippen LogP) is 0.235. The molecule has 0 aliphatic rings. The fraction of sp³-hybridized carbons (Fsp3) is 0.800. The van der Waals surface area contributed by atoms with Gasteiger partial charge < -0.3 is 15.8 Å². The number of hydrogen-bond acceptors (Lipinski definition) is 4. The van der Waals surface area contributed by atoms with Crippen LogP contribution < -0.4 is 5.48 Å². The van der Waals surface area contributed by atoms with Gasteiger partial charge in [-0.25, -0.2) is 0 Å². The van der Waals surface area contributed by atoms with E-state index < -0.39 is 16.8 Å². The standard InChI is InChI=1S/C5H10NO3S/c1-5(2,10)3(6-9)4(7)8/h3,6,10H,1-2H3,(H,7,8)/q-1/t3-/m1/s1. The van der Waals surface area contributed by atoms with Gasteiger partial charge in [0.25, 0.3) is 0 Å². The van der Waals surface area contributed by atoms with Gasteiger partial charge in [-0.2, -0.15) is 12.6 Å². The molecule has 0 saturated carbocycles. The van der Waals surface area contributed by atoms with Crippen molar-refractivity contribution >= 4 is 18.6 Å². The maximum Gasteiger partial charge on any atom is 0.321 e. The Labute approximate surface area is 64.6 Å². The minimum atomic E-state index is -1.19. The van der Waals surface area contributed by atoms with Crippen LogP contribution in [0.15, 0.2) is 0 Å². The number of nitrogens with one attached hydrogen (secondary N) is 1. The largest absolute Gasteiger partial charge is 0.787 e. The van der Waals surface area contributed by atoms with E-state index in [2.05, 4.69) is 12.6 Å². The van der Waals surface area contributed by atoms with Crippen molar-refractivity contribution in [2.75, 3.05) is 0 Å². The van der Waals surface area contributed by atoms with Crippen LogP contribution in [0.2, 0.25) is 0 Å². The highest BCUT2D eigenvalue weighted by molar-refractivity contribution is 7.81. The van der Waals surface area contributed by atoms with Crippen molar-refractivity contribution in [1.29, 1.82) is 0 Å². The fourth-order valence-corrected chi connectivity index (χ4v) is 0.660. The van der Waals surface area contributed by atoms with Crippen LogP contribution in [0.25, 0.3) is 0 Å². The smallest absolute Gasteiger partial charge is 0.321 e. The van der Waals surface area contributed by atoms with Gasteiger partial charge >= 0.3 is 5.97 Å². The van der Waals surface area contributed by atoms with E-state index in [9.17, 15) is 10.0 Å². The second-order valence-corrected chi connectivity index (χ2v) is 3.70. The molecule has 0 spiro atoms. The van der Waals surface area contributed by atoms with E-state index in [1.165, 1.54) is 5.48 Å². The lowest BCUT2D eigenvalue weighted by Gasteiger charge is -2.29. The first kappa shape index (κ1) is 9.74. The summed E-state index contributed by atoms with van der Waals surface area (Å²) < 4.78 is -0.840. The highest BCUT2D eigenvalue weighted by Gasteiger charge is 2.28. The monoisotopic (exact) mass is 164 g/mol. The molecule has 0 aliphatic carbocycles. The van der Waals surface area contributed by atoms with Crippen LogP contribution in [0, 0.1) is 5.21 Å². The zero-order chi connectivity index (χ0) is 8.36. The van der Waals surface area contributed by atoms with Crippen molar-refractivity contribution in [2.24, 2.45) is 0 Å². The number of aliphatic carboxylic acids is 1. The second-order valence-electron chi connectivity index (χ2n) is 2.54. The van der Waals surface area contributed by atoms with Gasteiger partial charge in [0.2, 0.25) is 0 Å². The van der Waals surface area contributed by atoms with Crippen LogP contribution in [-0.2, 0) is 4.79 Å². The molecule has 0 amide bonds. The topological polar surface area (TPSA) is 72.4 Å². The molecule has 5 heteroatoms. The third-order valence-corrected chi connectivity index (χ3v) is 1.33. The lowest BCUT2D eigenvalue weighted by Crippen LogP contribution is -2.46. The molecule has 60 valence electrons. The summed E-state index contributed by atoms with van der Waals surface area (Å²) in [5.41, 5.74) is 1.42. The van der Waals surface area contributed by atoms with Crippen molar-refractivity contribution < 1.29 is 9.90 Å². The summed E-state index contributed by atoms with van der Waals surface area (Å²) in [6.07, 6.45) is 0. The summed E-state index contributed by atoms with van der Waals surface area (Å²) in [5.74, 6) is -1.19. The first-order valence-electron chi connectivity index (χ1n) is 2.72. The zero-order valence-corrected chi connectivity index (χ0v) is 6.68. The average Bonchev–Trinajstić information content (AvgIpc) is 1.60. The molecule has 0 unspecified atom stereocenters. The lowest BCUT2D eigenvalue weighted by atomic mass is 10.0. The van der Waals surface area contributed by atoms with Crippen molar-refractivity contribution in [3.63, 3.8) is 0 Å². The van der Waals surface area contributed by atoms with Crippen molar-refractivity contribution in [2.45, 2.75) is 24.6 Å². The SMILES string of the molecule is CC(C)(S)[C@H](N[O-])C(=O)O. The highest BCUT2D eigenvalue weighted by Crippen LogP contribution is 2.17. The van der Waals surface area contributed by atoms with Gasteiger partial charge in [-0.1, -0.05) is 0 Å². The molecule has 1 atom stereocenters. The molecule has 4 nitrogen and oxygen atoms in total. The van der Waals surface area contributed by atoms with Gasteiger partial charge in [-0.15, -0.1) is 0 Å². The van der Waals surface area contributed by atoms with Gasteiger partial charge in [0, 0.05) is 4.75 Å². The Hall–Kier alpha value is -0.260. The van der Waals surface area contributed by atoms with Crippen LogP contribution in [0.3, 0.4) is 0 Å². The molecule has 0 aliphatic heterocycles. The quantitative estimate of drug-likeness (QED) is 0.412. The Morgan fingerprint density at radius 3 is 2.20 bits per heavy atom. The van der Waals surface area contributed by atoms with E-state index in [4.69, 9.17) is 5.11 Å². The second kappa shape index (κ2) is 3.23. The molecule has 0 bridgehead atoms. The van der Waals surface area contributed by atoms with E-state index in [1.807, 2.05) is 0 Å². The summed E-state index contributed by atoms with van der Waals surface area (Å²) in [6, 6.07) is -1.16. The molecule has 0 radical (unpaired) electrons. The molecule has 0 aromatic heterocycles. The molecule has 0 fully saturated rings. The molecule has 0 aromatic rings. The van der Waals surface area contributed by atoms with E-state index in [-0.39, 0.29) is 0 Å². The van der Waals surface area contributed by atoms with Gasteiger partial charge in [0.05, 0.1) is 0 Å². The maximum absolute atomic E-state index is 10.3. The number of rotatable bonds is 3. The third-order valence-electron chi connectivity index (χ3n) is 1.07. The number of hydroxylamine groups is 1. The zero-order valence-electron chi connectivity index (χ0n) is 5.79. The first-order chi connectivity index (χ1) is 4.39. The number of carboxylic acid groups (broad SMARTS) is 1. The molecule has 0 aromatic carbocycles. The molecule has 0 saturated heterocycles. The Bertz CT molecular complexity index is 131. The van der Waals surface area contributed by atoms with Crippen LogP contribution >= 0.6 is 12.6 Å². The molecule has 0 heterocycles. The average molecular weight is 164 g/mol. The van der Waals surface area contributed by atoms with Crippen LogP contribution in [0.5, 0.6) is 0 Å². The Kier molecular flexibility index (Phi) is 3.14. The third kappa shape index (κ3) is 2.55. The lowest BCUT2D eigenvalue weighted by molar-refractivity contribution is -0.139. The van der Waals surface area contributed by atoms with Gasteiger partial charge in [0.15, 0.2) is 0 Å². The summed E-state index contributed by atoms with van der Waals surface area (Å²) in [6.45, 7) is 3.11. The minimum Gasteiger partial charge on any atom is -0.787 e. The number of hydrogen-bond donors (Lipinski definition) is 3. The molecule has 10 heavy (non-hydrogen) atoms. The predicted molar refractivity (Wildman–Crippen MR) is 41.0 cm³/mol. The van der Waals surface area contributed by atoms with E-state index in [1.54, 1.807) is 13.8 Å². The highest BCUT2D eigenvalue weighted by atomic mass is 32.1.